The summed E-state index contributed by atoms with van der Waals surface area (Å²) < 4.78 is 13.5. The zero-order chi connectivity index (χ0) is 17.9. The average molecular weight is 361 g/mol. The summed E-state index contributed by atoms with van der Waals surface area (Å²) in [6.07, 6.45) is 8.04. The summed E-state index contributed by atoms with van der Waals surface area (Å²) in [6.45, 7) is 7.35. The Morgan fingerprint density at radius 2 is 1.92 bits per heavy atom. The normalized spacial score (nSPS) is 25.7. The lowest BCUT2D eigenvalue weighted by molar-refractivity contribution is -0.142. The number of carbonyl (C=O) groups is 1. The van der Waals surface area contributed by atoms with E-state index in [2.05, 4.69) is 11.5 Å². The van der Waals surface area contributed by atoms with E-state index in [-0.39, 0.29) is 12.0 Å². The molecule has 0 bridgehead atoms. The van der Waals surface area contributed by atoms with Gasteiger partial charge in [0, 0.05) is 57.3 Å². The number of aryl methyl sites for hydroxylation is 1. The minimum atomic E-state index is -0.178. The first-order valence-electron chi connectivity index (χ1n) is 10.2. The number of hydrogen-bond acceptors (Lipinski definition) is 4. The molecule has 0 aliphatic carbocycles. The van der Waals surface area contributed by atoms with Gasteiger partial charge in [0.15, 0.2) is 0 Å². The second-order valence-electron chi connectivity index (χ2n) is 8.03. The first-order chi connectivity index (χ1) is 12.7. The van der Waals surface area contributed by atoms with Gasteiger partial charge in [-0.25, -0.2) is 4.98 Å². The molecule has 1 aromatic rings. The predicted octanol–water partition coefficient (Wildman–Crippen LogP) is 2.50. The van der Waals surface area contributed by atoms with E-state index in [0.717, 1.165) is 78.0 Å². The van der Waals surface area contributed by atoms with E-state index in [1.807, 2.05) is 11.1 Å². The van der Waals surface area contributed by atoms with Crippen LogP contribution in [0.15, 0.2) is 6.20 Å². The van der Waals surface area contributed by atoms with Gasteiger partial charge in [0.05, 0.1) is 0 Å². The summed E-state index contributed by atoms with van der Waals surface area (Å²) in [4.78, 5) is 19.3. The number of nitrogens with zero attached hydrogens (tertiary/aromatic N) is 3. The van der Waals surface area contributed by atoms with Crippen molar-refractivity contribution in [3.05, 3.63) is 17.7 Å². The molecule has 1 unspecified atom stereocenters. The van der Waals surface area contributed by atoms with Crippen molar-refractivity contribution < 1.29 is 14.3 Å². The Morgan fingerprint density at radius 3 is 2.62 bits per heavy atom. The number of rotatable bonds is 4. The Kier molecular flexibility index (Phi) is 5.60. The molecule has 0 radical (unpaired) electrons. The van der Waals surface area contributed by atoms with Crippen LogP contribution in [0.1, 0.15) is 56.0 Å². The van der Waals surface area contributed by atoms with E-state index in [1.54, 1.807) is 0 Å². The van der Waals surface area contributed by atoms with Crippen LogP contribution in [0.3, 0.4) is 0 Å². The van der Waals surface area contributed by atoms with Gasteiger partial charge in [-0.2, -0.15) is 0 Å². The lowest BCUT2D eigenvalue weighted by Gasteiger charge is -2.34. The summed E-state index contributed by atoms with van der Waals surface area (Å²) in [7, 11) is 0. The van der Waals surface area contributed by atoms with Crippen LogP contribution >= 0.6 is 0 Å². The number of imidazole rings is 1. The van der Waals surface area contributed by atoms with Gasteiger partial charge in [-0.05, 0) is 51.4 Å². The fraction of sp³-hybridized carbons (Fsp3) is 0.800. The highest BCUT2D eigenvalue weighted by Crippen LogP contribution is 2.29. The molecule has 1 atom stereocenters. The minimum absolute atomic E-state index is 0.178. The summed E-state index contributed by atoms with van der Waals surface area (Å²) in [5.74, 6) is 2.60. The van der Waals surface area contributed by atoms with Crippen LogP contribution in [0.5, 0.6) is 0 Å². The summed E-state index contributed by atoms with van der Waals surface area (Å²) >= 11 is 0. The summed E-state index contributed by atoms with van der Waals surface area (Å²) in [6, 6.07) is 0. The van der Waals surface area contributed by atoms with Crippen molar-refractivity contribution in [2.45, 2.75) is 64.0 Å². The highest BCUT2D eigenvalue weighted by Gasteiger charge is 2.31. The quantitative estimate of drug-likeness (QED) is 0.827. The van der Waals surface area contributed by atoms with Crippen LogP contribution in [0.25, 0.3) is 0 Å². The molecule has 0 aromatic carbocycles. The Morgan fingerprint density at radius 1 is 1.15 bits per heavy atom. The van der Waals surface area contributed by atoms with Crippen LogP contribution in [-0.4, -0.2) is 59.4 Å². The van der Waals surface area contributed by atoms with E-state index in [1.165, 1.54) is 11.5 Å². The first-order valence-corrected chi connectivity index (χ1v) is 10.2. The van der Waals surface area contributed by atoms with Crippen molar-refractivity contribution >= 4 is 5.91 Å². The van der Waals surface area contributed by atoms with Gasteiger partial charge in [-0.15, -0.1) is 0 Å². The molecule has 4 heterocycles. The molecule has 144 valence electrons. The molecule has 0 spiro atoms. The second-order valence-corrected chi connectivity index (χ2v) is 8.03. The third-order valence-electron chi connectivity index (χ3n) is 6.24. The molecule has 1 aromatic heterocycles. The number of piperidine rings is 1. The molecule has 4 rings (SSSR count). The van der Waals surface area contributed by atoms with E-state index in [9.17, 15) is 4.79 Å². The predicted molar refractivity (Wildman–Crippen MR) is 98.0 cm³/mol. The van der Waals surface area contributed by atoms with Gasteiger partial charge >= 0.3 is 0 Å². The van der Waals surface area contributed by atoms with Crippen LogP contribution < -0.4 is 0 Å². The van der Waals surface area contributed by atoms with Crippen molar-refractivity contribution in [1.29, 1.82) is 0 Å². The molecule has 3 saturated heterocycles. The molecule has 3 aliphatic rings. The molecule has 0 N–H and O–H groups in total. The lowest BCUT2D eigenvalue weighted by atomic mass is 9.95. The van der Waals surface area contributed by atoms with Gasteiger partial charge in [-0.1, -0.05) is 0 Å². The van der Waals surface area contributed by atoms with E-state index < -0.39 is 0 Å². The highest BCUT2D eigenvalue weighted by molar-refractivity contribution is 5.81. The zero-order valence-electron chi connectivity index (χ0n) is 15.9. The SMILES string of the molecule is Cc1cnc(C2CCOCC2)n1CC1CCN(C(=O)C2CCCO2)CC1. The molecule has 6 nitrogen and oxygen atoms in total. The monoisotopic (exact) mass is 361 g/mol. The molecule has 0 saturated carbocycles. The highest BCUT2D eigenvalue weighted by atomic mass is 16.5. The van der Waals surface area contributed by atoms with Gasteiger partial charge in [-0.3, -0.25) is 4.79 Å². The van der Waals surface area contributed by atoms with E-state index >= 15 is 0 Å². The van der Waals surface area contributed by atoms with Crippen molar-refractivity contribution in [1.82, 2.24) is 14.5 Å². The molecule has 1 amide bonds. The third kappa shape index (κ3) is 3.81. The maximum Gasteiger partial charge on any atom is 0.251 e. The molecule has 3 fully saturated rings. The van der Waals surface area contributed by atoms with Crippen LogP contribution in [0.2, 0.25) is 0 Å². The van der Waals surface area contributed by atoms with Crippen molar-refractivity contribution in [2.75, 3.05) is 32.9 Å². The Bertz CT molecular complexity index is 610. The minimum Gasteiger partial charge on any atom is -0.381 e. The molecule has 26 heavy (non-hydrogen) atoms. The van der Waals surface area contributed by atoms with Gasteiger partial charge in [0.1, 0.15) is 11.9 Å². The molecule has 6 heteroatoms. The Hall–Kier alpha value is -1.40. The number of amides is 1. The number of hydrogen-bond donors (Lipinski definition) is 0. The number of carbonyl (C=O) groups excluding carboxylic acids is 1. The fourth-order valence-electron chi connectivity index (χ4n) is 4.57. The summed E-state index contributed by atoms with van der Waals surface area (Å²) in [5, 5.41) is 0. The maximum atomic E-state index is 12.5. The zero-order valence-corrected chi connectivity index (χ0v) is 15.9. The average Bonchev–Trinajstić information content (AvgIpc) is 3.34. The number of ether oxygens (including phenoxy) is 2. The maximum absolute atomic E-state index is 12.5. The largest absolute Gasteiger partial charge is 0.381 e. The molecular formula is C20H31N3O3. The van der Waals surface area contributed by atoms with Crippen LogP contribution in [0.4, 0.5) is 0 Å². The number of likely N-dealkylation sites (tertiary alicyclic amines) is 1. The van der Waals surface area contributed by atoms with Crippen molar-refractivity contribution in [2.24, 2.45) is 5.92 Å². The van der Waals surface area contributed by atoms with E-state index in [4.69, 9.17) is 14.5 Å². The van der Waals surface area contributed by atoms with E-state index in [0.29, 0.717) is 11.8 Å². The van der Waals surface area contributed by atoms with Gasteiger partial charge < -0.3 is 18.9 Å². The molecular weight excluding hydrogens is 330 g/mol. The van der Waals surface area contributed by atoms with Crippen LogP contribution in [-0.2, 0) is 20.8 Å². The van der Waals surface area contributed by atoms with Crippen LogP contribution in [0, 0.1) is 12.8 Å². The van der Waals surface area contributed by atoms with Crippen molar-refractivity contribution in [3.8, 4) is 0 Å². The smallest absolute Gasteiger partial charge is 0.251 e. The Labute approximate surface area is 155 Å². The standard InChI is InChI=1S/C20H31N3O3/c1-15-13-21-19(17-6-11-25-12-7-17)23(15)14-16-4-8-22(9-5-16)20(24)18-3-2-10-26-18/h13,16-18H,2-12,14H2,1H3. The third-order valence-corrected chi connectivity index (χ3v) is 6.24. The lowest BCUT2D eigenvalue weighted by Crippen LogP contribution is -2.44. The second kappa shape index (κ2) is 8.09. The fourth-order valence-corrected chi connectivity index (χ4v) is 4.57. The molecule has 3 aliphatic heterocycles. The van der Waals surface area contributed by atoms with Gasteiger partial charge in [0.25, 0.3) is 5.91 Å². The number of aromatic nitrogens is 2. The van der Waals surface area contributed by atoms with Gasteiger partial charge in [0.2, 0.25) is 0 Å². The van der Waals surface area contributed by atoms with Crippen molar-refractivity contribution in [3.63, 3.8) is 0 Å². The first kappa shape index (κ1) is 18.0. The topological polar surface area (TPSA) is 56.6 Å². The Balaban J connectivity index is 1.34. The summed E-state index contributed by atoms with van der Waals surface area (Å²) in [5.41, 5.74) is 1.25.